The summed E-state index contributed by atoms with van der Waals surface area (Å²) in [5, 5.41) is 13.4. The van der Waals surface area contributed by atoms with E-state index in [4.69, 9.17) is 4.74 Å². The highest BCUT2D eigenvalue weighted by atomic mass is 16.5. The summed E-state index contributed by atoms with van der Waals surface area (Å²) in [6.45, 7) is 2.58. The van der Waals surface area contributed by atoms with E-state index >= 15 is 0 Å². The van der Waals surface area contributed by atoms with Crippen molar-refractivity contribution in [1.29, 1.82) is 0 Å². The van der Waals surface area contributed by atoms with E-state index in [1.165, 1.54) is 0 Å². The summed E-state index contributed by atoms with van der Waals surface area (Å²) < 4.78 is 5.19. The molecule has 1 fully saturated rings. The smallest absolute Gasteiger partial charge is 0.226 e. The molecule has 2 N–H and O–H groups in total. The van der Waals surface area contributed by atoms with Crippen molar-refractivity contribution in [2.24, 2.45) is 5.41 Å². The van der Waals surface area contributed by atoms with Crippen LogP contribution in [0.5, 0.6) is 0 Å². The first-order valence-electron chi connectivity index (χ1n) is 8.60. The number of amides is 1. The molecule has 0 heterocycles. The Morgan fingerprint density at radius 1 is 1.30 bits per heavy atom. The first-order chi connectivity index (χ1) is 11.1. The molecular formula is C19H29NO3. The summed E-state index contributed by atoms with van der Waals surface area (Å²) in [7, 11) is 1.68. The molecule has 4 heteroatoms. The number of hydrogen-bond acceptors (Lipinski definition) is 3. The Morgan fingerprint density at radius 2 is 1.96 bits per heavy atom. The zero-order valence-electron chi connectivity index (χ0n) is 14.3. The second-order valence-corrected chi connectivity index (χ2v) is 6.77. The Bertz CT molecular complexity index is 483. The molecule has 0 spiro atoms. The molecule has 2 unspecified atom stereocenters. The van der Waals surface area contributed by atoms with E-state index in [-0.39, 0.29) is 17.4 Å². The van der Waals surface area contributed by atoms with Gasteiger partial charge in [0.1, 0.15) is 0 Å². The maximum atomic E-state index is 12.8. The van der Waals surface area contributed by atoms with Gasteiger partial charge in [0.05, 0.1) is 11.5 Å². The number of aliphatic hydroxyl groups excluding tert-OH is 1. The Kier molecular flexibility index (Phi) is 6.60. The van der Waals surface area contributed by atoms with Crippen molar-refractivity contribution in [2.45, 2.75) is 57.6 Å². The topological polar surface area (TPSA) is 58.6 Å². The first-order valence-corrected chi connectivity index (χ1v) is 8.60. The third kappa shape index (κ3) is 4.79. The van der Waals surface area contributed by atoms with Crippen LogP contribution in [0.1, 0.15) is 57.1 Å². The molecular weight excluding hydrogens is 290 g/mol. The standard InChI is InChI=1S/C19H29NO3/c1-15(14-17(21)16-8-4-3-5-9-16)20-18(22)19(12-13-23-2)10-6-7-11-19/h3-5,8-9,15,17,21H,6-7,10-14H2,1-2H3,(H,20,22). The fourth-order valence-electron chi connectivity index (χ4n) is 3.52. The van der Waals surface area contributed by atoms with Crippen molar-refractivity contribution in [3.63, 3.8) is 0 Å². The second kappa shape index (κ2) is 8.46. The average Bonchev–Trinajstić information content (AvgIpc) is 3.03. The number of ether oxygens (including phenoxy) is 1. The molecule has 1 aromatic rings. The largest absolute Gasteiger partial charge is 0.388 e. The number of hydrogen-bond donors (Lipinski definition) is 2. The van der Waals surface area contributed by atoms with E-state index < -0.39 is 6.10 Å². The Morgan fingerprint density at radius 3 is 2.57 bits per heavy atom. The molecule has 0 saturated heterocycles. The van der Waals surface area contributed by atoms with Gasteiger partial charge >= 0.3 is 0 Å². The highest BCUT2D eigenvalue weighted by Gasteiger charge is 2.41. The molecule has 1 aromatic carbocycles. The molecule has 0 radical (unpaired) electrons. The maximum Gasteiger partial charge on any atom is 0.226 e. The maximum absolute atomic E-state index is 12.8. The molecule has 2 atom stereocenters. The summed E-state index contributed by atoms with van der Waals surface area (Å²) in [5.74, 6) is 0.125. The lowest BCUT2D eigenvalue weighted by Crippen LogP contribution is -2.44. The van der Waals surface area contributed by atoms with E-state index in [0.717, 1.165) is 37.7 Å². The monoisotopic (exact) mass is 319 g/mol. The van der Waals surface area contributed by atoms with Gasteiger partial charge < -0.3 is 15.2 Å². The first kappa shape index (κ1) is 18.0. The van der Waals surface area contributed by atoms with Crippen LogP contribution in [-0.2, 0) is 9.53 Å². The molecule has 4 nitrogen and oxygen atoms in total. The van der Waals surface area contributed by atoms with Gasteiger partial charge in [-0.05, 0) is 38.2 Å². The molecule has 0 aliphatic heterocycles. The van der Waals surface area contributed by atoms with Crippen LogP contribution in [0.2, 0.25) is 0 Å². The molecule has 1 amide bonds. The lowest BCUT2D eigenvalue weighted by atomic mass is 9.81. The summed E-state index contributed by atoms with van der Waals surface area (Å²) in [6.07, 6.45) is 4.85. The van der Waals surface area contributed by atoms with E-state index in [1.54, 1.807) is 7.11 Å². The van der Waals surface area contributed by atoms with Crippen LogP contribution >= 0.6 is 0 Å². The average molecular weight is 319 g/mol. The van der Waals surface area contributed by atoms with Crippen LogP contribution in [0.3, 0.4) is 0 Å². The molecule has 0 aromatic heterocycles. The van der Waals surface area contributed by atoms with E-state index in [1.807, 2.05) is 37.3 Å². The molecule has 1 aliphatic carbocycles. The third-order valence-electron chi connectivity index (χ3n) is 4.97. The van der Waals surface area contributed by atoms with Gasteiger partial charge in [-0.15, -0.1) is 0 Å². The van der Waals surface area contributed by atoms with Crippen molar-refractivity contribution in [2.75, 3.05) is 13.7 Å². The molecule has 1 saturated carbocycles. The van der Waals surface area contributed by atoms with Crippen molar-refractivity contribution >= 4 is 5.91 Å². The van der Waals surface area contributed by atoms with Gasteiger partial charge in [-0.25, -0.2) is 0 Å². The van der Waals surface area contributed by atoms with Crippen molar-refractivity contribution in [3.8, 4) is 0 Å². The van der Waals surface area contributed by atoms with E-state index in [0.29, 0.717) is 13.0 Å². The highest BCUT2D eigenvalue weighted by molar-refractivity contribution is 5.83. The number of carbonyl (C=O) groups excluding carboxylic acids is 1. The molecule has 0 bridgehead atoms. The Labute approximate surface area is 139 Å². The quantitative estimate of drug-likeness (QED) is 0.773. The fraction of sp³-hybridized carbons (Fsp3) is 0.632. The van der Waals surface area contributed by atoms with Gasteiger partial charge in [-0.3, -0.25) is 4.79 Å². The van der Waals surface area contributed by atoms with Crippen LogP contribution < -0.4 is 5.32 Å². The number of benzene rings is 1. The zero-order chi connectivity index (χ0) is 16.7. The number of rotatable bonds is 8. The van der Waals surface area contributed by atoms with Gasteiger partial charge in [-0.1, -0.05) is 43.2 Å². The lowest BCUT2D eigenvalue weighted by Gasteiger charge is -2.30. The lowest BCUT2D eigenvalue weighted by molar-refractivity contribution is -0.132. The fourth-order valence-corrected chi connectivity index (χ4v) is 3.52. The predicted molar refractivity (Wildman–Crippen MR) is 91.0 cm³/mol. The number of carbonyl (C=O) groups is 1. The minimum atomic E-state index is -0.551. The minimum absolute atomic E-state index is 0.0577. The molecule has 1 aliphatic rings. The summed E-state index contributed by atoms with van der Waals surface area (Å²) in [5.41, 5.74) is 0.616. The van der Waals surface area contributed by atoms with Crippen molar-refractivity contribution in [1.82, 2.24) is 5.32 Å². The highest BCUT2D eigenvalue weighted by Crippen LogP contribution is 2.41. The Hall–Kier alpha value is -1.39. The summed E-state index contributed by atoms with van der Waals surface area (Å²) in [6, 6.07) is 9.53. The third-order valence-corrected chi connectivity index (χ3v) is 4.97. The molecule has 2 rings (SSSR count). The number of methoxy groups -OCH3 is 1. The van der Waals surface area contributed by atoms with Crippen molar-refractivity contribution in [3.05, 3.63) is 35.9 Å². The van der Waals surface area contributed by atoms with E-state index in [9.17, 15) is 9.90 Å². The molecule has 23 heavy (non-hydrogen) atoms. The van der Waals surface area contributed by atoms with Crippen LogP contribution in [0.15, 0.2) is 30.3 Å². The van der Waals surface area contributed by atoms with Gasteiger partial charge in [0.25, 0.3) is 0 Å². The normalized spacial score (nSPS) is 19.3. The van der Waals surface area contributed by atoms with E-state index in [2.05, 4.69) is 5.32 Å². The van der Waals surface area contributed by atoms with Crippen molar-refractivity contribution < 1.29 is 14.6 Å². The second-order valence-electron chi connectivity index (χ2n) is 6.77. The summed E-state index contributed by atoms with van der Waals surface area (Å²) >= 11 is 0. The van der Waals surface area contributed by atoms with Crippen LogP contribution in [0, 0.1) is 5.41 Å². The van der Waals surface area contributed by atoms with Gasteiger partial charge in [0.15, 0.2) is 0 Å². The van der Waals surface area contributed by atoms with Gasteiger partial charge in [0.2, 0.25) is 5.91 Å². The predicted octanol–water partition coefficient (Wildman–Crippen LogP) is 3.21. The van der Waals surface area contributed by atoms with Gasteiger partial charge in [-0.2, -0.15) is 0 Å². The minimum Gasteiger partial charge on any atom is -0.388 e. The van der Waals surface area contributed by atoms with Crippen LogP contribution in [0.4, 0.5) is 0 Å². The number of aliphatic hydroxyl groups is 1. The zero-order valence-corrected chi connectivity index (χ0v) is 14.3. The number of nitrogens with one attached hydrogen (secondary N) is 1. The molecule has 128 valence electrons. The SMILES string of the molecule is COCCC1(C(=O)NC(C)CC(O)c2ccccc2)CCCC1. The van der Waals surface area contributed by atoms with Crippen LogP contribution in [0.25, 0.3) is 0 Å². The van der Waals surface area contributed by atoms with Crippen LogP contribution in [-0.4, -0.2) is 30.8 Å². The summed E-state index contributed by atoms with van der Waals surface area (Å²) in [4.78, 5) is 12.8. The Balaban J connectivity index is 1.90. The van der Waals surface area contributed by atoms with Gasteiger partial charge in [0, 0.05) is 19.8 Å².